The number of rotatable bonds is 2. The van der Waals surface area contributed by atoms with E-state index in [1.54, 1.807) is 4.68 Å². The number of carbonyl (C=O) groups is 1. The minimum atomic E-state index is -3.02. The lowest BCUT2D eigenvalue weighted by molar-refractivity contribution is -0.0660. The highest BCUT2D eigenvalue weighted by Gasteiger charge is 2.38. The average Bonchev–Trinajstić information content (AvgIpc) is 2.84. The Morgan fingerprint density at radius 1 is 1.50 bits per heavy atom. The molecule has 1 amide bonds. The van der Waals surface area contributed by atoms with Gasteiger partial charge in [0.05, 0.1) is 30.6 Å². The summed E-state index contributed by atoms with van der Waals surface area (Å²) in [6.07, 6.45) is 3.33. The van der Waals surface area contributed by atoms with Crippen LogP contribution < -0.4 is 5.73 Å². The minimum absolute atomic E-state index is 0.0546. The normalized spacial score (nSPS) is 24.7. The van der Waals surface area contributed by atoms with E-state index in [2.05, 4.69) is 5.10 Å². The van der Waals surface area contributed by atoms with Crippen molar-refractivity contribution in [1.82, 2.24) is 14.7 Å². The number of fused-ring (bicyclic) bond motifs is 1. The molecule has 1 unspecified atom stereocenters. The zero-order valence-corrected chi connectivity index (χ0v) is 12.3. The predicted octanol–water partition coefficient (Wildman–Crippen LogP) is 0.827. The zero-order valence-electron chi connectivity index (χ0n) is 12.3. The first kappa shape index (κ1) is 15.4. The Hall–Kier alpha value is -1.54. The molecule has 2 aliphatic rings. The monoisotopic (exact) mass is 314 g/mol. The summed E-state index contributed by atoms with van der Waals surface area (Å²) in [7, 11) is 0. The molecule has 1 aromatic rings. The summed E-state index contributed by atoms with van der Waals surface area (Å²) in [5.74, 6) is -3.38. The van der Waals surface area contributed by atoms with Gasteiger partial charge in [0.1, 0.15) is 6.61 Å². The Morgan fingerprint density at radius 3 is 3.09 bits per heavy atom. The first-order valence-corrected chi connectivity index (χ1v) is 7.52. The molecule has 3 heterocycles. The molecule has 0 saturated carbocycles. The van der Waals surface area contributed by atoms with Crippen molar-refractivity contribution in [1.29, 1.82) is 0 Å². The largest absolute Gasteiger partial charge is 0.373 e. The van der Waals surface area contributed by atoms with Crippen molar-refractivity contribution in [3.63, 3.8) is 0 Å². The molecule has 0 aliphatic carbocycles. The smallest absolute Gasteiger partial charge is 0.288 e. The number of aromatic nitrogens is 2. The maximum Gasteiger partial charge on any atom is 0.288 e. The van der Waals surface area contributed by atoms with Crippen molar-refractivity contribution in [3.8, 4) is 0 Å². The second-order valence-corrected chi connectivity index (χ2v) is 5.88. The number of nitrogens with two attached hydrogens (primary N) is 1. The molecule has 122 valence electrons. The van der Waals surface area contributed by atoms with Crippen LogP contribution in [0, 0.1) is 0 Å². The molecular formula is C14H20F2N4O2. The van der Waals surface area contributed by atoms with Gasteiger partial charge in [-0.25, -0.2) is 8.78 Å². The summed E-state index contributed by atoms with van der Waals surface area (Å²) in [6.45, 7) is 0.166. The zero-order chi connectivity index (χ0) is 15.7. The summed E-state index contributed by atoms with van der Waals surface area (Å²) in [4.78, 5) is 13.8. The number of hydrogen-bond donors (Lipinski definition) is 1. The first-order chi connectivity index (χ1) is 10.5. The van der Waals surface area contributed by atoms with E-state index in [-0.39, 0.29) is 19.1 Å². The molecule has 1 atom stereocenters. The third-order valence-electron chi connectivity index (χ3n) is 4.23. The van der Waals surface area contributed by atoms with Crippen LogP contribution >= 0.6 is 0 Å². The molecule has 1 saturated heterocycles. The van der Waals surface area contributed by atoms with E-state index in [4.69, 9.17) is 10.5 Å². The first-order valence-electron chi connectivity index (χ1n) is 7.52. The highest BCUT2D eigenvalue weighted by Crippen LogP contribution is 2.30. The van der Waals surface area contributed by atoms with E-state index in [9.17, 15) is 13.6 Å². The highest BCUT2D eigenvalue weighted by molar-refractivity contribution is 5.95. The number of ether oxygens (including phenoxy) is 1. The van der Waals surface area contributed by atoms with Gasteiger partial charge in [0.15, 0.2) is 0 Å². The summed E-state index contributed by atoms with van der Waals surface area (Å²) in [5.41, 5.74) is 6.97. The highest BCUT2D eigenvalue weighted by atomic mass is 19.3. The summed E-state index contributed by atoms with van der Waals surface area (Å²) >= 11 is 0. The van der Waals surface area contributed by atoms with Crippen LogP contribution in [0.2, 0.25) is 0 Å². The maximum absolute atomic E-state index is 13.6. The van der Waals surface area contributed by atoms with Gasteiger partial charge in [0, 0.05) is 25.6 Å². The van der Waals surface area contributed by atoms with Gasteiger partial charge in [-0.2, -0.15) is 5.10 Å². The quantitative estimate of drug-likeness (QED) is 0.877. The van der Waals surface area contributed by atoms with Gasteiger partial charge in [0.25, 0.3) is 11.8 Å². The second-order valence-electron chi connectivity index (χ2n) is 5.88. The van der Waals surface area contributed by atoms with E-state index >= 15 is 0 Å². The van der Waals surface area contributed by atoms with Crippen LogP contribution in [0.1, 0.15) is 34.8 Å². The summed E-state index contributed by atoms with van der Waals surface area (Å²) < 4.78 is 33.9. The fourth-order valence-corrected chi connectivity index (χ4v) is 3.17. The van der Waals surface area contributed by atoms with E-state index in [0.29, 0.717) is 12.1 Å². The number of alkyl halides is 2. The van der Waals surface area contributed by atoms with Crippen LogP contribution in [0.25, 0.3) is 0 Å². The molecule has 6 nitrogen and oxygen atoms in total. The Bertz CT molecular complexity index is 561. The standard InChI is InChI=1S/C14H20F2N4O2/c15-14(16)8-19(4-5-22-9-14)13(21)11-7-18-20-3-1-2-10(6-17)12(11)20/h7,10H,1-6,8-9,17H2. The van der Waals surface area contributed by atoms with Crippen molar-refractivity contribution in [2.75, 3.05) is 32.8 Å². The molecule has 3 rings (SSSR count). The van der Waals surface area contributed by atoms with Gasteiger partial charge in [-0.1, -0.05) is 0 Å². The molecule has 0 radical (unpaired) electrons. The molecule has 2 N–H and O–H groups in total. The lowest BCUT2D eigenvalue weighted by Gasteiger charge is -2.26. The van der Waals surface area contributed by atoms with Crippen molar-refractivity contribution < 1.29 is 18.3 Å². The van der Waals surface area contributed by atoms with Crippen molar-refractivity contribution in [2.24, 2.45) is 5.73 Å². The van der Waals surface area contributed by atoms with Crippen LogP contribution in [0.15, 0.2) is 6.20 Å². The molecule has 0 aromatic carbocycles. The van der Waals surface area contributed by atoms with Crippen LogP contribution in [-0.4, -0.2) is 59.4 Å². The van der Waals surface area contributed by atoms with Gasteiger partial charge in [0.2, 0.25) is 0 Å². The number of aryl methyl sites for hydroxylation is 1. The van der Waals surface area contributed by atoms with E-state index in [1.807, 2.05) is 0 Å². The predicted molar refractivity (Wildman–Crippen MR) is 74.9 cm³/mol. The molecule has 0 spiro atoms. The SMILES string of the molecule is NCC1CCCn2ncc(C(=O)N3CCOCC(F)(F)C3)c21. The molecule has 8 heteroatoms. The third-order valence-corrected chi connectivity index (χ3v) is 4.23. The van der Waals surface area contributed by atoms with E-state index in [1.165, 1.54) is 6.20 Å². The molecular weight excluding hydrogens is 294 g/mol. The molecule has 0 bridgehead atoms. The number of carbonyl (C=O) groups excluding carboxylic acids is 1. The molecule has 1 fully saturated rings. The van der Waals surface area contributed by atoms with Crippen LogP contribution in [-0.2, 0) is 11.3 Å². The van der Waals surface area contributed by atoms with Gasteiger partial charge >= 0.3 is 0 Å². The van der Waals surface area contributed by atoms with Crippen LogP contribution in [0.3, 0.4) is 0 Å². The number of nitrogens with zero attached hydrogens (tertiary/aromatic N) is 3. The lowest BCUT2D eigenvalue weighted by Crippen LogP contribution is -2.41. The third kappa shape index (κ3) is 2.85. The molecule has 1 aromatic heterocycles. The second kappa shape index (κ2) is 5.92. The van der Waals surface area contributed by atoms with Crippen LogP contribution in [0.5, 0.6) is 0 Å². The number of amides is 1. The maximum atomic E-state index is 13.6. The fourth-order valence-electron chi connectivity index (χ4n) is 3.17. The van der Waals surface area contributed by atoms with Gasteiger partial charge in [-0.3, -0.25) is 9.48 Å². The van der Waals surface area contributed by atoms with E-state index in [0.717, 1.165) is 30.0 Å². The number of halogens is 2. The van der Waals surface area contributed by atoms with E-state index < -0.39 is 25.0 Å². The van der Waals surface area contributed by atoms with Crippen LogP contribution in [0.4, 0.5) is 8.78 Å². The Balaban J connectivity index is 1.88. The van der Waals surface area contributed by atoms with Crippen molar-refractivity contribution in [3.05, 3.63) is 17.5 Å². The van der Waals surface area contributed by atoms with Crippen molar-refractivity contribution >= 4 is 5.91 Å². The average molecular weight is 314 g/mol. The van der Waals surface area contributed by atoms with Crippen molar-refractivity contribution in [2.45, 2.75) is 31.2 Å². The topological polar surface area (TPSA) is 73.4 Å². The summed E-state index contributed by atoms with van der Waals surface area (Å²) in [5, 5.41) is 4.23. The fraction of sp³-hybridized carbons (Fsp3) is 0.714. The Kier molecular flexibility index (Phi) is 4.14. The Morgan fingerprint density at radius 2 is 2.32 bits per heavy atom. The Labute approximate surface area is 127 Å². The van der Waals surface area contributed by atoms with Gasteiger partial charge in [-0.05, 0) is 12.8 Å². The van der Waals surface area contributed by atoms with Gasteiger partial charge in [-0.15, -0.1) is 0 Å². The molecule has 2 aliphatic heterocycles. The lowest BCUT2D eigenvalue weighted by atomic mass is 9.93. The summed E-state index contributed by atoms with van der Waals surface area (Å²) in [6, 6.07) is 0. The number of hydrogen-bond acceptors (Lipinski definition) is 4. The minimum Gasteiger partial charge on any atom is -0.373 e. The molecule has 22 heavy (non-hydrogen) atoms. The van der Waals surface area contributed by atoms with Gasteiger partial charge < -0.3 is 15.4 Å².